The number of hydrogen-bond acceptors (Lipinski definition) is 12. The van der Waals surface area contributed by atoms with Crippen LogP contribution >= 0.6 is 30.6 Å². The number of ether oxygens (including phenoxy) is 1. The van der Waals surface area contributed by atoms with Gasteiger partial charge in [-0.2, -0.15) is 28.1 Å². The molecular weight excluding hydrogens is 713 g/mol. The number of nitrogens with one attached hydrogen (secondary N) is 2. The topological polar surface area (TPSA) is 253 Å². The average molecular weight is 744 g/mol. The van der Waals surface area contributed by atoms with Crippen LogP contribution in [0.2, 0.25) is 10.3 Å². The Labute approximate surface area is 281 Å². The number of alkyl halides is 3. The number of hydrogen-bond donors (Lipinski definition) is 6. The van der Waals surface area contributed by atoms with Crippen molar-refractivity contribution in [2.45, 2.75) is 32.5 Å². The summed E-state index contributed by atoms with van der Waals surface area (Å²) < 4.78 is 53.5. The molecule has 22 heteroatoms. The van der Waals surface area contributed by atoms with Crippen molar-refractivity contribution in [3.8, 4) is 11.5 Å². The van der Waals surface area contributed by atoms with Gasteiger partial charge in [-0.05, 0) is 56.1 Å². The quantitative estimate of drug-likeness (QED) is 0.0724. The summed E-state index contributed by atoms with van der Waals surface area (Å²) in [4.78, 5) is 51.7. The Bertz CT molecular complexity index is 1610. The van der Waals surface area contributed by atoms with Gasteiger partial charge in [0.2, 0.25) is 17.2 Å². The summed E-state index contributed by atoms with van der Waals surface area (Å²) in [6, 6.07) is 4.23. The molecule has 0 radical (unpaired) electrons. The fourth-order valence-electron chi connectivity index (χ4n) is 3.12. The highest BCUT2D eigenvalue weighted by Crippen LogP contribution is 2.37. The predicted molar refractivity (Wildman–Crippen MR) is 171 cm³/mol. The number of aromatic nitrogens is 3. The largest absolute Gasteiger partial charge is 0.480 e. The second-order valence-corrected chi connectivity index (χ2v) is 12.6. The van der Waals surface area contributed by atoms with Crippen molar-refractivity contribution < 1.29 is 52.1 Å². The summed E-state index contributed by atoms with van der Waals surface area (Å²) >= 11 is 11.4. The van der Waals surface area contributed by atoms with Gasteiger partial charge < -0.3 is 36.2 Å². The van der Waals surface area contributed by atoms with Crippen molar-refractivity contribution in [2.24, 2.45) is 5.73 Å². The second kappa shape index (κ2) is 18.9. The van der Waals surface area contributed by atoms with Crippen LogP contribution in [0.3, 0.4) is 0 Å². The number of nitro benzene ring substituents is 1. The number of aliphatic carboxylic acids is 1. The highest BCUT2D eigenvalue weighted by molar-refractivity contribution is 7.57. The maximum atomic E-state index is 12.6. The van der Waals surface area contributed by atoms with Crippen molar-refractivity contribution in [1.82, 2.24) is 15.0 Å². The molecule has 0 bridgehead atoms. The number of carbonyl (C=O) groups is 2. The number of carboxylic acid groups (broad SMARTS) is 2. The van der Waals surface area contributed by atoms with Crippen LogP contribution in [0.15, 0.2) is 36.4 Å². The van der Waals surface area contributed by atoms with E-state index in [1.54, 1.807) is 0 Å². The van der Waals surface area contributed by atoms with Crippen LogP contribution in [0.25, 0.3) is 0 Å². The molecule has 0 aliphatic carbocycles. The summed E-state index contributed by atoms with van der Waals surface area (Å²) in [6.45, 7) is 6.62. The number of nitro groups is 1. The number of halogens is 5. The molecule has 1 heterocycles. The fraction of sp³-hybridized carbons (Fsp3) is 0.346. The van der Waals surface area contributed by atoms with E-state index in [0.717, 1.165) is 43.4 Å². The summed E-state index contributed by atoms with van der Waals surface area (Å²) in [5.41, 5.74) is 2.85. The van der Waals surface area contributed by atoms with Gasteiger partial charge in [-0.15, -0.1) is 0 Å². The van der Waals surface area contributed by atoms with Crippen LogP contribution < -0.4 is 21.1 Å². The van der Waals surface area contributed by atoms with Gasteiger partial charge in [0, 0.05) is 38.0 Å². The van der Waals surface area contributed by atoms with E-state index in [1.807, 2.05) is 13.8 Å². The van der Waals surface area contributed by atoms with Gasteiger partial charge in [0.1, 0.15) is 23.1 Å². The minimum atomic E-state index is -4.58. The molecule has 0 saturated heterocycles. The van der Waals surface area contributed by atoms with E-state index in [0.29, 0.717) is 18.0 Å². The first-order chi connectivity index (χ1) is 22.2. The van der Waals surface area contributed by atoms with Crippen LogP contribution in [0, 0.1) is 10.1 Å². The molecule has 0 amide bonds. The molecule has 1 aromatic heterocycles. The summed E-state index contributed by atoms with van der Waals surface area (Å²) in [6.07, 6.45) is -4.58. The van der Waals surface area contributed by atoms with Crippen LogP contribution in [-0.2, 0) is 15.5 Å². The third-order valence-electron chi connectivity index (χ3n) is 5.33. The monoisotopic (exact) mass is 743 g/mol. The molecular formula is C26H31Cl2F3N7O9P. The number of anilines is 2. The maximum absolute atomic E-state index is 12.6. The smallest absolute Gasteiger partial charge is 0.416 e. The Hall–Kier alpha value is -4.29. The Morgan fingerprint density at radius 2 is 1.62 bits per heavy atom. The number of aromatic carboxylic acids is 1. The zero-order valence-electron chi connectivity index (χ0n) is 25.4. The molecule has 3 aromatic rings. The molecule has 0 aliphatic heterocycles. The number of nitrogens with zero attached hydrogens (tertiary/aromatic N) is 4. The maximum Gasteiger partial charge on any atom is 0.416 e. The standard InChI is InChI=1S/C14H7ClF3NO5.C7H12ClN5.C5H12NO4P/c15-10-5-7(14(16,17)18)1-4-12(10)24-8-2-3-11(19(22)23)9(6-8)13(20)21;1-3-9-6-11-5(8)12-7(13-6)10-4-2;1-11(9,10)3-2-4(6)5(7)8/h1-6H,(H,20,21);3-4H2,1-2H3,(H2,9,10,11,12,13);4H,2-3,6H2,1H3,(H,7,8)(H,9,10). The number of carboxylic acids is 2. The van der Waals surface area contributed by atoms with Crippen LogP contribution in [0.1, 0.15) is 36.2 Å². The van der Waals surface area contributed by atoms with Crippen LogP contribution in [-0.4, -0.2) is 78.9 Å². The molecule has 0 saturated carbocycles. The molecule has 0 fully saturated rings. The minimum absolute atomic E-state index is 0.0412. The Morgan fingerprint density at radius 3 is 2.04 bits per heavy atom. The van der Waals surface area contributed by atoms with Gasteiger partial charge in [-0.1, -0.05) is 11.6 Å². The van der Waals surface area contributed by atoms with E-state index in [1.165, 1.54) is 6.66 Å². The van der Waals surface area contributed by atoms with Gasteiger partial charge in [0.05, 0.1) is 15.5 Å². The van der Waals surface area contributed by atoms with Gasteiger partial charge in [0.15, 0.2) is 7.37 Å². The molecule has 0 spiro atoms. The Kier molecular flexibility index (Phi) is 16.4. The third kappa shape index (κ3) is 15.1. The molecule has 7 N–H and O–H groups in total. The average Bonchev–Trinajstić information content (AvgIpc) is 2.96. The van der Waals surface area contributed by atoms with Crippen molar-refractivity contribution >= 4 is 60.1 Å². The van der Waals surface area contributed by atoms with E-state index in [4.69, 9.17) is 48.8 Å². The fourth-order valence-corrected chi connectivity index (χ4v) is 4.26. The summed E-state index contributed by atoms with van der Waals surface area (Å²) in [5, 5.41) is 33.8. The van der Waals surface area contributed by atoms with E-state index in [2.05, 4.69) is 25.6 Å². The molecule has 264 valence electrons. The van der Waals surface area contributed by atoms with Crippen molar-refractivity contribution in [2.75, 3.05) is 36.5 Å². The van der Waals surface area contributed by atoms with Gasteiger partial charge in [0.25, 0.3) is 5.69 Å². The van der Waals surface area contributed by atoms with Gasteiger partial charge in [-0.3, -0.25) is 19.5 Å². The zero-order chi connectivity index (χ0) is 36.8. The SMILES string of the molecule is CCNc1nc(Cl)nc(NCC)n1.CP(=O)(O)CCC(N)C(=O)O.O=C(O)c1cc(Oc2ccc(C(F)(F)F)cc2Cl)ccc1[N+](=O)[O-]. The van der Waals surface area contributed by atoms with E-state index in [9.17, 15) is 37.4 Å². The molecule has 16 nitrogen and oxygen atoms in total. The van der Waals surface area contributed by atoms with Gasteiger partial charge in [-0.25, -0.2) is 4.79 Å². The van der Waals surface area contributed by atoms with E-state index < -0.39 is 53.3 Å². The lowest BCUT2D eigenvalue weighted by Crippen LogP contribution is -2.30. The molecule has 2 unspecified atom stereocenters. The molecule has 2 atom stereocenters. The van der Waals surface area contributed by atoms with E-state index in [-0.39, 0.29) is 34.4 Å². The minimum Gasteiger partial charge on any atom is -0.480 e. The van der Waals surface area contributed by atoms with Crippen molar-refractivity contribution in [3.05, 3.63) is 67.9 Å². The van der Waals surface area contributed by atoms with Gasteiger partial charge >= 0.3 is 18.1 Å². The highest BCUT2D eigenvalue weighted by atomic mass is 35.5. The highest BCUT2D eigenvalue weighted by Gasteiger charge is 2.31. The Morgan fingerprint density at radius 1 is 1.06 bits per heavy atom. The lowest BCUT2D eigenvalue weighted by Gasteiger charge is -2.11. The number of nitrogens with two attached hydrogens (primary N) is 1. The molecule has 2 aromatic carbocycles. The first kappa shape index (κ1) is 41.7. The lowest BCUT2D eigenvalue weighted by molar-refractivity contribution is -0.385. The molecule has 0 aliphatic rings. The third-order valence-corrected chi connectivity index (χ3v) is 6.88. The first-order valence-corrected chi connectivity index (χ1v) is 16.5. The molecule has 48 heavy (non-hydrogen) atoms. The zero-order valence-corrected chi connectivity index (χ0v) is 27.8. The number of benzene rings is 2. The molecule has 3 rings (SSSR count). The van der Waals surface area contributed by atoms with Crippen LogP contribution in [0.5, 0.6) is 11.5 Å². The second-order valence-electron chi connectivity index (χ2n) is 9.31. The van der Waals surface area contributed by atoms with E-state index >= 15 is 0 Å². The summed E-state index contributed by atoms with van der Waals surface area (Å²) in [7, 11) is -3.10. The normalized spacial score (nSPS) is 12.5. The predicted octanol–water partition coefficient (Wildman–Crippen LogP) is 5.83. The van der Waals surface area contributed by atoms with Crippen molar-refractivity contribution in [1.29, 1.82) is 0 Å². The van der Waals surface area contributed by atoms with Crippen LogP contribution in [0.4, 0.5) is 30.8 Å². The summed E-state index contributed by atoms with van der Waals surface area (Å²) in [5.74, 6) is -1.98. The number of rotatable bonds is 12. The lowest BCUT2D eigenvalue weighted by atomic mass is 10.1. The van der Waals surface area contributed by atoms with Crippen molar-refractivity contribution in [3.63, 3.8) is 0 Å². The first-order valence-electron chi connectivity index (χ1n) is 13.4. The Balaban J connectivity index is 0.000000404.